The SMILES string of the molecule is CN1c2ccccc2N=C(c2ccccc2)C1c1ccccc1.F[P-](F)(F)(F)(F)F.[H+]. The number of hydrogen-bond acceptors (Lipinski definition) is 2. The number of halogens is 6. The number of rotatable bonds is 2. The molecule has 1 aliphatic rings. The molecule has 0 spiro atoms. The van der Waals surface area contributed by atoms with Gasteiger partial charge >= 0.3 is 34.4 Å². The van der Waals surface area contributed by atoms with Crippen LogP contribution in [0.4, 0.5) is 36.6 Å². The Bertz CT molecular complexity index is 1050. The van der Waals surface area contributed by atoms with Crippen LogP contribution in [0, 0.1) is 0 Å². The third-order valence-corrected chi connectivity index (χ3v) is 4.33. The second-order valence-electron chi connectivity index (χ2n) is 6.73. The van der Waals surface area contributed by atoms with Gasteiger partial charge < -0.3 is 4.90 Å². The van der Waals surface area contributed by atoms with Crippen LogP contribution in [-0.4, -0.2) is 12.8 Å². The van der Waals surface area contributed by atoms with Crippen LogP contribution in [0.15, 0.2) is 89.9 Å². The van der Waals surface area contributed by atoms with Crippen molar-refractivity contribution in [3.8, 4) is 0 Å². The number of aliphatic imine (C=N–C) groups is 1. The predicted octanol–water partition coefficient (Wildman–Crippen LogP) is 8.49. The van der Waals surface area contributed by atoms with Crippen LogP contribution in [0.25, 0.3) is 0 Å². The van der Waals surface area contributed by atoms with E-state index in [1.54, 1.807) is 0 Å². The summed E-state index contributed by atoms with van der Waals surface area (Å²) < 4.78 is 59.2. The van der Waals surface area contributed by atoms with Crippen molar-refractivity contribution in [2.45, 2.75) is 6.04 Å². The maximum absolute atomic E-state index is 10.7. The van der Waals surface area contributed by atoms with Gasteiger partial charge in [0.05, 0.1) is 23.1 Å². The third-order valence-electron chi connectivity index (χ3n) is 4.33. The van der Waals surface area contributed by atoms with E-state index in [0.29, 0.717) is 0 Å². The topological polar surface area (TPSA) is 15.6 Å². The number of benzene rings is 3. The van der Waals surface area contributed by atoms with Crippen molar-refractivity contribution in [3.63, 3.8) is 0 Å². The first-order valence-electron chi connectivity index (χ1n) is 8.87. The molecule has 0 fully saturated rings. The van der Waals surface area contributed by atoms with Gasteiger partial charge in [-0.15, -0.1) is 0 Å². The average Bonchev–Trinajstić information content (AvgIpc) is 2.67. The van der Waals surface area contributed by atoms with Crippen molar-refractivity contribution in [1.29, 1.82) is 0 Å². The van der Waals surface area contributed by atoms with Gasteiger partial charge in [-0.3, -0.25) is 0 Å². The Morgan fingerprint density at radius 2 is 1.20 bits per heavy atom. The molecule has 0 radical (unpaired) electrons. The van der Waals surface area contributed by atoms with Crippen LogP contribution in [0.2, 0.25) is 0 Å². The van der Waals surface area contributed by atoms with Crippen molar-refractivity contribution < 1.29 is 26.6 Å². The van der Waals surface area contributed by atoms with Crippen LogP contribution in [0.1, 0.15) is 18.6 Å². The van der Waals surface area contributed by atoms with Crippen molar-refractivity contribution >= 4 is 24.9 Å². The van der Waals surface area contributed by atoms with Crippen molar-refractivity contribution in [2.24, 2.45) is 4.99 Å². The maximum Gasteiger partial charge on any atom is 1.00 e. The molecule has 0 bridgehead atoms. The molecule has 2 nitrogen and oxygen atoms in total. The number of nitrogens with zero attached hydrogens (tertiary/aromatic N) is 2. The standard InChI is InChI=1S/C21H18N2.F6P/c1-23-19-15-9-8-14-18(19)22-20(16-10-4-2-5-11-16)21(23)17-12-6-3-7-13-17;1-7(2,3,4,5)6/h2-15,21H,1H3;/q;-1/p+1. The first-order chi connectivity index (χ1) is 13.8. The maximum atomic E-state index is 9.87. The average molecular weight is 444 g/mol. The number of para-hydroxylation sites is 2. The van der Waals surface area contributed by atoms with Gasteiger partial charge in [0.2, 0.25) is 0 Å². The second kappa shape index (κ2) is 7.13. The Kier molecular flexibility index (Phi) is 5.19. The zero-order chi connectivity index (χ0) is 22.1. The van der Waals surface area contributed by atoms with E-state index in [0.717, 1.165) is 11.4 Å². The zero-order valence-corrected chi connectivity index (χ0v) is 16.7. The van der Waals surface area contributed by atoms with Gasteiger partial charge in [-0.1, -0.05) is 72.8 Å². The number of fused-ring (bicyclic) bond motifs is 1. The minimum atomic E-state index is -10.7. The van der Waals surface area contributed by atoms with Gasteiger partial charge in [-0.05, 0) is 23.3 Å². The number of hydrogen-bond donors (Lipinski definition) is 0. The summed E-state index contributed by atoms with van der Waals surface area (Å²) in [6.07, 6.45) is 0. The first-order valence-corrected chi connectivity index (χ1v) is 10.9. The van der Waals surface area contributed by atoms with Crippen molar-refractivity contribution in [3.05, 3.63) is 96.1 Å². The number of anilines is 1. The second-order valence-corrected chi connectivity index (χ2v) is 8.65. The molecule has 0 saturated carbocycles. The predicted molar refractivity (Wildman–Crippen MR) is 111 cm³/mol. The van der Waals surface area contributed by atoms with Crippen LogP contribution >= 0.6 is 7.81 Å². The fourth-order valence-electron chi connectivity index (χ4n) is 3.22. The molecule has 0 saturated heterocycles. The smallest absolute Gasteiger partial charge is 1.00 e. The van der Waals surface area contributed by atoms with E-state index in [1.165, 1.54) is 16.8 Å². The third kappa shape index (κ3) is 6.32. The first kappa shape index (κ1) is 21.8. The van der Waals surface area contributed by atoms with Crippen LogP contribution in [0.3, 0.4) is 0 Å². The van der Waals surface area contributed by atoms with E-state index in [1.807, 2.05) is 12.1 Å². The fourth-order valence-corrected chi connectivity index (χ4v) is 3.22. The largest absolute Gasteiger partial charge is 1.00 e. The van der Waals surface area contributed by atoms with Gasteiger partial charge in [0, 0.05) is 7.05 Å². The fraction of sp³-hybridized carbons (Fsp3) is 0.0952. The Balaban J connectivity index is 0.000000373. The summed E-state index contributed by atoms with van der Waals surface area (Å²) in [5.41, 5.74) is 5.72. The molecule has 9 heteroatoms. The Morgan fingerprint density at radius 3 is 1.77 bits per heavy atom. The summed E-state index contributed by atoms with van der Waals surface area (Å²) in [6.45, 7) is 0. The van der Waals surface area contributed by atoms with Gasteiger partial charge in [0.1, 0.15) is 0 Å². The normalized spacial score (nSPS) is 18.2. The van der Waals surface area contributed by atoms with E-state index < -0.39 is 7.81 Å². The van der Waals surface area contributed by atoms with Gasteiger partial charge in [-0.2, -0.15) is 0 Å². The monoisotopic (exact) mass is 444 g/mol. The zero-order valence-electron chi connectivity index (χ0n) is 16.8. The summed E-state index contributed by atoms with van der Waals surface area (Å²) >= 11 is 0. The summed E-state index contributed by atoms with van der Waals surface area (Å²) in [7, 11) is -8.51. The molecule has 0 amide bonds. The Morgan fingerprint density at radius 1 is 0.733 bits per heavy atom. The quantitative estimate of drug-likeness (QED) is 0.286. The van der Waals surface area contributed by atoms with E-state index in [2.05, 4.69) is 84.7 Å². The molecule has 0 aliphatic carbocycles. The molecule has 1 unspecified atom stereocenters. The minimum absolute atomic E-state index is 0. The van der Waals surface area contributed by atoms with Gasteiger partial charge in [0.15, 0.2) is 0 Å². The van der Waals surface area contributed by atoms with E-state index in [9.17, 15) is 25.2 Å². The molecule has 30 heavy (non-hydrogen) atoms. The molecule has 3 aromatic rings. The van der Waals surface area contributed by atoms with E-state index in [4.69, 9.17) is 4.99 Å². The summed E-state index contributed by atoms with van der Waals surface area (Å²) in [4.78, 5) is 7.32. The molecule has 160 valence electrons. The number of likely N-dealkylation sites (N-methyl/N-ethyl adjacent to an activating group) is 1. The molecule has 0 N–H and O–H groups in total. The molecule has 1 heterocycles. The Hall–Kier alpha value is -2.86. The molecule has 0 aromatic heterocycles. The summed E-state index contributed by atoms with van der Waals surface area (Å²) in [6, 6.07) is 29.5. The van der Waals surface area contributed by atoms with Crippen molar-refractivity contribution in [1.82, 2.24) is 0 Å². The molecular formula is C21H19F6N2P. The molecule has 3 aromatic carbocycles. The molecule has 1 atom stereocenters. The van der Waals surface area contributed by atoms with Crippen LogP contribution < -0.4 is 4.90 Å². The molecular weight excluding hydrogens is 425 g/mol. The molecule has 4 rings (SSSR count). The Labute approximate surface area is 171 Å². The van der Waals surface area contributed by atoms with Crippen LogP contribution in [-0.2, 0) is 0 Å². The van der Waals surface area contributed by atoms with E-state index in [-0.39, 0.29) is 7.47 Å². The summed E-state index contributed by atoms with van der Waals surface area (Å²) in [5, 5.41) is 0. The van der Waals surface area contributed by atoms with E-state index >= 15 is 0 Å². The minimum Gasteiger partial charge on any atom is 1.00 e. The van der Waals surface area contributed by atoms with Crippen molar-refractivity contribution in [2.75, 3.05) is 11.9 Å². The van der Waals surface area contributed by atoms with Gasteiger partial charge in [0.25, 0.3) is 0 Å². The van der Waals surface area contributed by atoms with Gasteiger partial charge in [-0.25, -0.2) is 4.99 Å². The summed E-state index contributed by atoms with van der Waals surface area (Å²) in [5.74, 6) is 0. The molecule has 1 aliphatic heterocycles. The van der Waals surface area contributed by atoms with Crippen LogP contribution in [0.5, 0.6) is 0 Å².